The molecule has 614 valence electrons. The summed E-state index contributed by atoms with van der Waals surface area (Å²) < 4.78 is 68.7. The summed E-state index contributed by atoms with van der Waals surface area (Å²) in [6.07, 6.45) is 67.5. The fraction of sp³-hybridized carbons (Fsp3) is 0.906. The summed E-state index contributed by atoms with van der Waals surface area (Å²) in [6.45, 7) is 11.9. The standard InChI is InChI=1S/C85H162O17P2/c1-8-11-12-13-14-15-16-17-22-29-34-39-44-52-59-66-82(87)95-72-80(101-84(89)68-61-54-45-40-35-30-24-21-19-18-20-23-27-32-37-42-50-57-64-77(6)9-2)74-99-103(91,92)97-70-79(86)71-98-104(93,94)100-75-81(73-96-83(88)67-60-53-48-47-49-56-63-76(4)5)102-85(90)69-62-55-46-41-36-31-26-25-28-33-38-43-51-58-65-78(7)10-3/h15-17,22,76-81,86H,8-14,18-21,23-75H2,1-7H3,(H,91,92)(H,93,94)/b16-15-,22-17-/t77?,78?,79-,80-,81-/m1/s1. The Morgan fingerprint density at radius 2 is 0.567 bits per heavy atom. The molecule has 4 unspecified atom stereocenters. The highest BCUT2D eigenvalue weighted by Gasteiger charge is 2.30. The first-order chi connectivity index (χ1) is 50.3. The van der Waals surface area contributed by atoms with E-state index in [4.69, 9.17) is 37.0 Å². The molecule has 0 rings (SSSR count). The highest BCUT2D eigenvalue weighted by molar-refractivity contribution is 7.47. The van der Waals surface area contributed by atoms with Crippen molar-refractivity contribution < 1.29 is 80.2 Å². The lowest BCUT2D eigenvalue weighted by Crippen LogP contribution is -2.30. The van der Waals surface area contributed by atoms with E-state index in [1.165, 1.54) is 205 Å². The van der Waals surface area contributed by atoms with E-state index in [0.717, 1.165) is 127 Å². The zero-order valence-electron chi connectivity index (χ0n) is 68.0. The molecule has 3 N–H and O–H groups in total. The predicted octanol–water partition coefficient (Wildman–Crippen LogP) is 25.3. The molecule has 0 aliphatic carbocycles. The third-order valence-electron chi connectivity index (χ3n) is 20.0. The Balaban J connectivity index is 5.23. The van der Waals surface area contributed by atoms with E-state index in [2.05, 4.69) is 72.8 Å². The van der Waals surface area contributed by atoms with Crippen molar-refractivity contribution in [2.45, 2.75) is 439 Å². The number of unbranched alkanes of at least 4 members (excludes halogenated alkanes) is 44. The number of carbonyl (C=O) groups excluding carboxylic acids is 4. The van der Waals surface area contributed by atoms with E-state index in [-0.39, 0.29) is 25.7 Å². The number of hydrogen-bond acceptors (Lipinski definition) is 15. The van der Waals surface area contributed by atoms with Gasteiger partial charge in [-0.05, 0) is 69.1 Å². The molecule has 0 aromatic rings. The number of aliphatic hydroxyl groups excluding tert-OH is 1. The number of phosphoric ester groups is 2. The fourth-order valence-corrected chi connectivity index (χ4v) is 14.2. The van der Waals surface area contributed by atoms with Crippen LogP contribution in [0.1, 0.15) is 421 Å². The van der Waals surface area contributed by atoms with Crippen molar-refractivity contribution in [3.8, 4) is 0 Å². The van der Waals surface area contributed by atoms with E-state index in [0.29, 0.717) is 31.6 Å². The zero-order chi connectivity index (χ0) is 76.5. The van der Waals surface area contributed by atoms with Gasteiger partial charge < -0.3 is 33.8 Å². The Labute approximate surface area is 637 Å². The maximum Gasteiger partial charge on any atom is 0.472 e. The van der Waals surface area contributed by atoms with Gasteiger partial charge in [0.25, 0.3) is 0 Å². The second-order valence-corrected chi connectivity index (χ2v) is 33.8. The second-order valence-electron chi connectivity index (χ2n) is 30.8. The molecule has 7 atom stereocenters. The van der Waals surface area contributed by atoms with Gasteiger partial charge in [-0.15, -0.1) is 0 Å². The normalized spacial score (nSPS) is 14.6. The zero-order valence-corrected chi connectivity index (χ0v) is 69.8. The van der Waals surface area contributed by atoms with Crippen molar-refractivity contribution in [3.63, 3.8) is 0 Å². The highest BCUT2D eigenvalue weighted by Crippen LogP contribution is 2.45. The first kappa shape index (κ1) is 102. The first-order valence-electron chi connectivity index (χ1n) is 43.2. The van der Waals surface area contributed by atoms with Crippen LogP contribution in [0.15, 0.2) is 24.3 Å². The van der Waals surface area contributed by atoms with Crippen molar-refractivity contribution >= 4 is 39.5 Å². The molecule has 0 heterocycles. The molecule has 0 aromatic carbocycles. The maximum absolute atomic E-state index is 13.1. The quantitative estimate of drug-likeness (QED) is 0.0169. The molecule has 0 amide bonds. The van der Waals surface area contributed by atoms with Gasteiger partial charge in [0.05, 0.1) is 26.4 Å². The molecule has 0 saturated heterocycles. The van der Waals surface area contributed by atoms with Crippen molar-refractivity contribution in [2.75, 3.05) is 39.6 Å². The Bertz CT molecular complexity index is 2110. The lowest BCUT2D eigenvalue weighted by Gasteiger charge is -2.21. The number of phosphoric acid groups is 2. The molecule has 17 nitrogen and oxygen atoms in total. The van der Waals surface area contributed by atoms with E-state index in [1.54, 1.807) is 0 Å². The molecule has 0 saturated carbocycles. The lowest BCUT2D eigenvalue weighted by molar-refractivity contribution is -0.161. The summed E-state index contributed by atoms with van der Waals surface area (Å²) in [4.78, 5) is 73.1. The molecular weight excluding hydrogens is 1350 g/mol. The van der Waals surface area contributed by atoms with Gasteiger partial charge in [-0.3, -0.25) is 37.3 Å². The molecule has 0 fully saturated rings. The highest BCUT2D eigenvalue weighted by atomic mass is 31.2. The van der Waals surface area contributed by atoms with Gasteiger partial charge in [-0.1, -0.05) is 368 Å². The number of ether oxygens (including phenoxy) is 4. The minimum absolute atomic E-state index is 0.101. The monoisotopic (exact) mass is 1520 g/mol. The second kappa shape index (κ2) is 74.6. The van der Waals surface area contributed by atoms with Crippen LogP contribution >= 0.6 is 15.6 Å². The summed E-state index contributed by atoms with van der Waals surface area (Å²) in [6, 6.07) is 0. The van der Waals surface area contributed by atoms with Crippen LogP contribution in [0.25, 0.3) is 0 Å². The van der Waals surface area contributed by atoms with Crippen molar-refractivity contribution in [2.24, 2.45) is 17.8 Å². The summed E-state index contributed by atoms with van der Waals surface area (Å²) in [7, 11) is -9.94. The molecule has 0 aliphatic heterocycles. The molecule has 0 radical (unpaired) electrons. The van der Waals surface area contributed by atoms with Crippen LogP contribution in [0.4, 0.5) is 0 Å². The Hall–Kier alpha value is -2.46. The van der Waals surface area contributed by atoms with Gasteiger partial charge in [0.1, 0.15) is 19.3 Å². The van der Waals surface area contributed by atoms with Gasteiger partial charge in [0.2, 0.25) is 0 Å². The number of carbonyl (C=O) groups is 4. The summed E-state index contributed by atoms with van der Waals surface area (Å²) >= 11 is 0. The summed E-state index contributed by atoms with van der Waals surface area (Å²) in [5.41, 5.74) is 0. The molecule has 0 spiro atoms. The number of esters is 4. The van der Waals surface area contributed by atoms with Gasteiger partial charge in [-0.25, -0.2) is 9.13 Å². The first-order valence-corrected chi connectivity index (χ1v) is 46.2. The van der Waals surface area contributed by atoms with Crippen LogP contribution in [0, 0.1) is 17.8 Å². The van der Waals surface area contributed by atoms with E-state index >= 15 is 0 Å². The molecule has 0 bridgehead atoms. The third kappa shape index (κ3) is 75.0. The summed E-state index contributed by atoms with van der Waals surface area (Å²) in [5.74, 6) is 0.252. The molecule has 19 heteroatoms. The summed E-state index contributed by atoms with van der Waals surface area (Å²) in [5, 5.41) is 10.7. The number of aliphatic hydroxyl groups is 1. The van der Waals surface area contributed by atoms with Gasteiger partial charge in [0, 0.05) is 25.7 Å². The minimum Gasteiger partial charge on any atom is -0.462 e. The topological polar surface area (TPSA) is 237 Å². The Kier molecular flexibility index (Phi) is 72.9. The number of hydrogen-bond donors (Lipinski definition) is 3. The van der Waals surface area contributed by atoms with Crippen LogP contribution in [0.5, 0.6) is 0 Å². The fourth-order valence-electron chi connectivity index (χ4n) is 12.6. The maximum atomic E-state index is 13.1. The van der Waals surface area contributed by atoms with Crippen LogP contribution in [-0.4, -0.2) is 96.7 Å². The van der Waals surface area contributed by atoms with E-state index in [9.17, 15) is 43.2 Å². The average Bonchev–Trinajstić information content (AvgIpc) is 0.907. The van der Waals surface area contributed by atoms with Gasteiger partial charge >= 0.3 is 39.5 Å². The van der Waals surface area contributed by atoms with Crippen LogP contribution in [0.2, 0.25) is 0 Å². The van der Waals surface area contributed by atoms with Crippen LogP contribution in [-0.2, 0) is 65.4 Å². The predicted molar refractivity (Wildman–Crippen MR) is 427 cm³/mol. The van der Waals surface area contributed by atoms with Crippen LogP contribution < -0.4 is 0 Å². The lowest BCUT2D eigenvalue weighted by atomic mass is 9.99. The number of allylic oxidation sites excluding steroid dienone is 4. The SMILES string of the molecule is CCCCCC/C=C\C=C/CCCCCCCC(=O)OC[C@H](COP(=O)(O)OC[C@@H](O)COP(=O)(O)OC[C@@H](COC(=O)CCCCCCCCC(C)C)OC(=O)CCCCCCCCCCCCCCCCC(C)CC)OC(=O)CCCCCCCCCCCCCCCCCCCCC(C)CC. The van der Waals surface area contributed by atoms with E-state index in [1.807, 2.05) is 0 Å². The smallest absolute Gasteiger partial charge is 0.462 e. The van der Waals surface area contributed by atoms with Crippen molar-refractivity contribution in [3.05, 3.63) is 24.3 Å². The van der Waals surface area contributed by atoms with Crippen LogP contribution in [0.3, 0.4) is 0 Å². The molecular formula is C85H162O17P2. The molecule has 0 aromatic heterocycles. The van der Waals surface area contributed by atoms with Gasteiger partial charge in [-0.2, -0.15) is 0 Å². The third-order valence-corrected chi connectivity index (χ3v) is 21.9. The Morgan fingerprint density at radius 3 is 0.856 bits per heavy atom. The van der Waals surface area contributed by atoms with Crippen molar-refractivity contribution in [1.82, 2.24) is 0 Å². The van der Waals surface area contributed by atoms with Crippen molar-refractivity contribution in [1.29, 1.82) is 0 Å². The molecule has 0 aliphatic rings. The van der Waals surface area contributed by atoms with Gasteiger partial charge in [0.15, 0.2) is 12.2 Å². The average molecular weight is 1520 g/mol. The Morgan fingerprint density at radius 1 is 0.317 bits per heavy atom. The largest absolute Gasteiger partial charge is 0.472 e. The minimum atomic E-state index is -4.97. The molecule has 104 heavy (non-hydrogen) atoms. The van der Waals surface area contributed by atoms with E-state index < -0.39 is 97.5 Å². The number of rotatable bonds is 81.